The van der Waals surface area contributed by atoms with Crippen LogP contribution in [-0.2, 0) is 4.74 Å². The Bertz CT molecular complexity index is 1650. The SMILES string of the molecule is CC(C)C1(C(C)(C)C)CC1.CC(C)C1(C(C)(C)C)CC1(C)C.CC(C)C1(C(C)(C)C)CCCCCC1.CC(C)C1(C(C)(C)C)CCOCC1.CC(C)C1(C(C)C)CCC1.CC(C)C1(C(C)C)CCCC1.CC(C)C1(C(C)C)CCCCC1. The van der Waals surface area contributed by atoms with Gasteiger partial charge in [-0.15, -0.1) is 0 Å². The summed E-state index contributed by atoms with van der Waals surface area (Å²) in [6.07, 6.45) is 33.2. The monoisotopic (exact) mass is 1150 g/mol. The summed E-state index contributed by atoms with van der Waals surface area (Å²) in [5.41, 5.74) is 6.90. The fourth-order valence-corrected chi connectivity index (χ4v) is 20.9. The van der Waals surface area contributed by atoms with Gasteiger partial charge in [-0.2, -0.15) is 0 Å². The van der Waals surface area contributed by atoms with Gasteiger partial charge in [-0.05, 0) is 208 Å². The van der Waals surface area contributed by atoms with Crippen LogP contribution in [0.5, 0.6) is 0 Å². The van der Waals surface area contributed by atoms with Gasteiger partial charge in [-0.1, -0.05) is 300 Å². The van der Waals surface area contributed by atoms with Crippen molar-refractivity contribution in [3.05, 3.63) is 0 Å². The van der Waals surface area contributed by atoms with Crippen LogP contribution in [-0.4, -0.2) is 13.2 Å². The molecule has 492 valence electrons. The summed E-state index contributed by atoms with van der Waals surface area (Å²) >= 11 is 0. The van der Waals surface area contributed by atoms with E-state index in [0.29, 0.717) is 59.6 Å². The van der Waals surface area contributed by atoms with Gasteiger partial charge in [0, 0.05) is 13.2 Å². The van der Waals surface area contributed by atoms with Gasteiger partial charge in [-0.25, -0.2) is 0 Å². The third-order valence-electron chi connectivity index (χ3n) is 27.6. The molecular weight excluding hydrogens is 989 g/mol. The van der Waals surface area contributed by atoms with Gasteiger partial charge in [0.25, 0.3) is 0 Å². The number of rotatable bonds is 10. The minimum Gasteiger partial charge on any atom is -0.381 e. The van der Waals surface area contributed by atoms with Crippen LogP contribution in [0.4, 0.5) is 0 Å². The lowest BCUT2D eigenvalue weighted by Crippen LogP contribution is -2.44. The molecule has 1 atom stereocenters. The maximum Gasteiger partial charge on any atom is 0.0471 e. The van der Waals surface area contributed by atoms with Crippen molar-refractivity contribution >= 4 is 0 Å². The minimum atomic E-state index is 0.408. The quantitative estimate of drug-likeness (QED) is 0.198. The average molecular weight is 1150 g/mol. The van der Waals surface area contributed by atoms with Gasteiger partial charge >= 0.3 is 0 Å². The Morgan fingerprint density at radius 1 is 0.244 bits per heavy atom. The molecule has 7 aliphatic rings. The van der Waals surface area contributed by atoms with Crippen molar-refractivity contribution in [2.24, 2.45) is 124 Å². The Kier molecular flexibility index (Phi) is 30.8. The fraction of sp³-hybridized carbons (Fsp3) is 1.00. The van der Waals surface area contributed by atoms with Crippen molar-refractivity contribution in [2.45, 2.75) is 383 Å². The minimum absolute atomic E-state index is 0.408. The summed E-state index contributed by atoms with van der Waals surface area (Å²) < 4.78 is 5.47. The van der Waals surface area contributed by atoms with E-state index in [1.54, 1.807) is 0 Å². The van der Waals surface area contributed by atoms with Crippen LogP contribution in [0.2, 0.25) is 0 Å². The summed E-state index contributed by atoms with van der Waals surface area (Å²) in [5.74, 6) is 8.56. The van der Waals surface area contributed by atoms with Crippen LogP contribution in [0.25, 0.3) is 0 Å². The number of ether oxygens (including phenoxy) is 1. The van der Waals surface area contributed by atoms with Crippen molar-refractivity contribution < 1.29 is 4.74 Å². The largest absolute Gasteiger partial charge is 0.381 e. The molecule has 1 nitrogen and oxygen atoms in total. The maximum absolute atomic E-state index is 5.47. The van der Waals surface area contributed by atoms with Crippen molar-refractivity contribution in [3.63, 3.8) is 0 Å². The smallest absolute Gasteiger partial charge is 0.0471 e. The molecule has 1 saturated heterocycles. The van der Waals surface area contributed by atoms with Crippen molar-refractivity contribution in [1.29, 1.82) is 0 Å². The Hall–Kier alpha value is -0.0400. The lowest BCUT2D eigenvalue weighted by Gasteiger charge is -2.50. The Labute approximate surface area is 522 Å². The van der Waals surface area contributed by atoms with Gasteiger partial charge in [0.2, 0.25) is 0 Å². The second-order valence-corrected chi connectivity index (χ2v) is 37.9. The van der Waals surface area contributed by atoms with Crippen LogP contribution in [0.3, 0.4) is 0 Å². The normalized spacial score (nSPS) is 25.0. The van der Waals surface area contributed by atoms with E-state index in [9.17, 15) is 0 Å². The Morgan fingerprint density at radius 2 is 0.463 bits per heavy atom. The first-order valence-corrected chi connectivity index (χ1v) is 36.7. The van der Waals surface area contributed by atoms with Gasteiger partial charge < -0.3 is 4.74 Å². The molecule has 0 spiro atoms. The first-order chi connectivity index (χ1) is 37.1. The third kappa shape index (κ3) is 19.0. The zero-order valence-corrected chi connectivity index (χ0v) is 63.9. The van der Waals surface area contributed by atoms with E-state index in [4.69, 9.17) is 4.74 Å². The van der Waals surface area contributed by atoms with Gasteiger partial charge in [0.15, 0.2) is 0 Å². The van der Waals surface area contributed by atoms with Gasteiger partial charge in [0.1, 0.15) is 0 Å². The first kappa shape index (κ1) is 80.0. The van der Waals surface area contributed by atoms with Crippen molar-refractivity contribution in [2.75, 3.05) is 13.2 Å². The molecule has 0 radical (unpaired) electrons. The highest BCUT2D eigenvalue weighted by atomic mass is 16.5. The summed E-state index contributed by atoms with van der Waals surface area (Å²) in [4.78, 5) is 0. The molecule has 6 aliphatic carbocycles. The summed E-state index contributed by atoms with van der Waals surface area (Å²) in [7, 11) is 0. The third-order valence-corrected chi connectivity index (χ3v) is 27.6. The second-order valence-electron chi connectivity index (χ2n) is 37.9. The summed E-state index contributed by atoms with van der Waals surface area (Å²) in [6, 6.07) is 0. The fourth-order valence-electron chi connectivity index (χ4n) is 20.9. The van der Waals surface area contributed by atoms with Crippen molar-refractivity contribution in [3.8, 4) is 0 Å². The molecule has 0 aromatic heterocycles. The molecule has 0 bridgehead atoms. The zero-order chi connectivity index (χ0) is 64.2. The second kappa shape index (κ2) is 31.6. The molecule has 82 heavy (non-hydrogen) atoms. The number of hydrogen-bond acceptors (Lipinski definition) is 1. The van der Waals surface area contributed by atoms with Gasteiger partial charge in [-0.3, -0.25) is 0 Å². The number of hydrogen-bond donors (Lipinski definition) is 0. The average Bonchev–Trinajstić information content (AvgIpc) is 4.22. The van der Waals surface area contributed by atoms with E-state index in [1.165, 1.54) is 148 Å². The van der Waals surface area contributed by atoms with Crippen LogP contribution in [0, 0.1) is 124 Å². The zero-order valence-electron chi connectivity index (χ0n) is 63.9. The van der Waals surface area contributed by atoms with E-state index in [0.717, 1.165) is 77.8 Å². The maximum atomic E-state index is 5.47. The van der Waals surface area contributed by atoms with Crippen LogP contribution in [0.1, 0.15) is 383 Å². The highest BCUT2D eigenvalue weighted by Gasteiger charge is 2.67. The predicted molar refractivity (Wildman–Crippen MR) is 374 cm³/mol. The molecule has 1 heteroatoms. The molecule has 0 aromatic rings. The molecule has 0 amide bonds. The Balaban J connectivity index is 0.000000480. The predicted octanol–water partition coefficient (Wildman–Crippen LogP) is 27.7. The summed E-state index contributed by atoms with van der Waals surface area (Å²) in [5, 5.41) is 0. The Morgan fingerprint density at radius 3 is 0.598 bits per heavy atom. The topological polar surface area (TPSA) is 9.23 Å². The van der Waals surface area contributed by atoms with E-state index >= 15 is 0 Å². The first-order valence-electron chi connectivity index (χ1n) is 36.7. The van der Waals surface area contributed by atoms with Crippen molar-refractivity contribution in [1.82, 2.24) is 0 Å². The van der Waals surface area contributed by atoms with Crippen LogP contribution in [0.15, 0.2) is 0 Å². The van der Waals surface area contributed by atoms with Gasteiger partial charge in [0.05, 0.1) is 0 Å². The molecular formula is C81H162O. The van der Waals surface area contributed by atoms with Crippen LogP contribution < -0.4 is 0 Å². The molecule has 7 rings (SSSR count). The standard InChI is InChI=1S/C14H28.C12H24O.2C12H24.C11H22.2C10H20/c1-12(2)14(13(3,4)5)10-8-6-7-9-11-14;1-10(2)12(11(3,4)5)6-8-13-9-7-12;1-9(2)12(10(3,4)5)8-11(12,6)7;1-10(2)12(11(3)4)8-6-5-7-9-12;1-9(2)11(10(3)4)7-5-6-8-11;1-8(2)10(6-7-10)9(3,4)5;1-8(2)10(9(3)4)6-5-7-10/h12H,6-11H2,1-5H3;10H,6-9H2,1-5H3;9H,8H2,1-7H3;10-11H,5-9H2,1-4H3;9-10H,5-8H2,1-4H3;8H,6-7H2,1-5H3;8-9H,5-7H2,1-4H3. The van der Waals surface area contributed by atoms with E-state index < -0.39 is 0 Å². The highest BCUT2D eigenvalue weighted by molar-refractivity contribution is 5.16. The molecule has 7 fully saturated rings. The summed E-state index contributed by atoms with van der Waals surface area (Å²) in [6.45, 7) is 83.2. The van der Waals surface area contributed by atoms with E-state index in [-0.39, 0.29) is 0 Å². The molecule has 1 unspecified atom stereocenters. The highest BCUT2D eigenvalue weighted by Crippen LogP contribution is 2.75. The molecule has 1 aliphatic heterocycles. The molecule has 1 heterocycles. The van der Waals surface area contributed by atoms with E-state index in [1.807, 2.05) is 0 Å². The molecule has 0 aromatic carbocycles. The van der Waals surface area contributed by atoms with Crippen LogP contribution >= 0.6 is 0 Å². The lowest BCUT2D eigenvalue weighted by molar-refractivity contribution is -0.0758. The lowest BCUT2D eigenvalue weighted by atomic mass is 9.56. The van der Waals surface area contributed by atoms with E-state index in [2.05, 4.69) is 235 Å². The molecule has 6 saturated carbocycles. The molecule has 0 N–H and O–H groups in total.